The third-order valence-electron chi connectivity index (χ3n) is 10.0. The first-order chi connectivity index (χ1) is 17.7. The molecular formula is C29H43N3O4S. The van der Waals surface area contributed by atoms with Crippen LogP contribution in [0.5, 0.6) is 0 Å². The van der Waals surface area contributed by atoms with Gasteiger partial charge in [-0.2, -0.15) is 0 Å². The number of ether oxygens (including phenoxy) is 1. The van der Waals surface area contributed by atoms with E-state index in [4.69, 9.17) is 9.72 Å². The molecule has 37 heavy (non-hydrogen) atoms. The Morgan fingerprint density at radius 2 is 2.00 bits per heavy atom. The second-order valence-electron chi connectivity index (χ2n) is 12.2. The maximum Gasteiger partial charge on any atom is 0.307 e. The first-order valence-electron chi connectivity index (χ1n) is 14.1. The van der Waals surface area contributed by atoms with Crippen LogP contribution in [0.2, 0.25) is 0 Å². The molecule has 2 heterocycles. The minimum atomic E-state index is -0.802. The molecule has 4 bridgehead atoms. The zero-order valence-corrected chi connectivity index (χ0v) is 23.6. The predicted molar refractivity (Wildman–Crippen MR) is 145 cm³/mol. The number of hydrogen-bond acceptors (Lipinski definition) is 6. The van der Waals surface area contributed by atoms with Crippen LogP contribution in [0.3, 0.4) is 0 Å². The number of rotatable bonds is 9. The van der Waals surface area contributed by atoms with Crippen LogP contribution in [0.4, 0.5) is 0 Å². The standard InChI is InChI=1S/C29H43N3O4S/c1-5-11-37-25-22(7-8-23(31-25)29(18(2)27(34)35)9-6-10-30-17-29)26(33)32(3)24-20-12-19-13-21(24)16-28(14-19,15-20)36-4/h7-8,18-21,24,30H,5-6,9-17H2,1-4H3,(H,34,35)/t18?,19?,20?,21?,24-,28+,29-/m1/s1. The van der Waals surface area contributed by atoms with Gasteiger partial charge >= 0.3 is 5.97 Å². The second-order valence-corrected chi connectivity index (χ2v) is 13.2. The second kappa shape index (κ2) is 10.5. The van der Waals surface area contributed by atoms with E-state index in [0.717, 1.165) is 61.0 Å². The van der Waals surface area contributed by atoms with Crippen molar-refractivity contribution in [2.45, 2.75) is 87.3 Å². The van der Waals surface area contributed by atoms with Crippen LogP contribution in [0, 0.1) is 23.7 Å². The van der Waals surface area contributed by atoms with E-state index in [1.165, 1.54) is 19.3 Å². The van der Waals surface area contributed by atoms with Gasteiger partial charge in [0.15, 0.2) is 0 Å². The van der Waals surface area contributed by atoms with E-state index in [1.807, 2.05) is 31.2 Å². The minimum absolute atomic E-state index is 0.0193. The van der Waals surface area contributed by atoms with E-state index in [2.05, 4.69) is 12.2 Å². The average Bonchev–Trinajstić information content (AvgIpc) is 2.90. The van der Waals surface area contributed by atoms with Crippen molar-refractivity contribution in [2.24, 2.45) is 23.7 Å². The topological polar surface area (TPSA) is 91.8 Å². The maximum absolute atomic E-state index is 14.0. The molecule has 1 amide bonds. The molecule has 1 aromatic rings. The maximum atomic E-state index is 14.0. The van der Waals surface area contributed by atoms with Crippen LogP contribution in [-0.2, 0) is 14.9 Å². The molecule has 6 rings (SSSR count). The number of carboxylic acids is 1. The van der Waals surface area contributed by atoms with Crippen LogP contribution in [0.15, 0.2) is 17.2 Å². The van der Waals surface area contributed by atoms with Crippen molar-refractivity contribution in [3.05, 3.63) is 23.4 Å². The molecule has 0 aromatic carbocycles. The van der Waals surface area contributed by atoms with Gasteiger partial charge in [-0.1, -0.05) is 13.8 Å². The lowest BCUT2D eigenvalue weighted by Crippen LogP contribution is -2.62. The van der Waals surface area contributed by atoms with Crippen molar-refractivity contribution in [2.75, 3.05) is 33.0 Å². The number of nitrogens with one attached hydrogen (secondary N) is 1. The Balaban J connectivity index is 1.45. The third kappa shape index (κ3) is 4.71. The van der Waals surface area contributed by atoms with E-state index < -0.39 is 17.3 Å². The molecule has 2 N–H and O–H groups in total. The highest BCUT2D eigenvalue weighted by molar-refractivity contribution is 7.99. The molecule has 0 spiro atoms. The zero-order valence-electron chi connectivity index (χ0n) is 22.8. The Bertz CT molecular complexity index is 1010. The number of amides is 1. The monoisotopic (exact) mass is 529 g/mol. The SMILES string of the molecule is CCCSc1nc([C@]2(C(C)C(=O)O)CCCNC2)ccc1C(=O)N(C)[C@H]1C2CC3CC1C[C@@](OC)(C3)C2. The van der Waals surface area contributed by atoms with Gasteiger partial charge in [0, 0.05) is 32.2 Å². The first kappa shape index (κ1) is 26.9. The van der Waals surface area contributed by atoms with E-state index >= 15 is 0 Å². The summed E-state index contributed by atoms with van der Waals surface area (Å²) in [7, 11) is 3.84. The molecule has 3 unspecified atom stereocenters. The molecule has 7 nitrogen and oxygen atoms in total. The minimum Gasteiger partial charge on any atom is -0.481 e. The largest absolute Gasteiger partial charge is 0.481 e. The highest BCUT2D eigenvalue weighted by Crippen LogP contribution is 2.58. The molecule has 1 aliphatic heterocycles. The summed E-state index contributed by atoms with van der Waals surface area (Å²) in [5.41, 5.74) is 0.895. The summed E-state index contributed by atoms with van der Waals surface area (Å²) in [5.74, 6) is 1.26. The molecule has 5 aliphatic rings. The fourth-order valence-electron chi connectivity index (χ4n) is 8.30. The number of thioether (sulfide) groups is 1. The Labute approximate surface area is 225 Å². The van der Waals surface area contributed by atoms with Crippen LogP contribution in [0.1, 0.15) is 81.3 Å². The van der Waals surface area contributed by atoms with Crippen molar-refractivity contribution < 1.29 is 19.4 Å². The van der Waals surface area contributed by atoms with Crippen LogP contribution in [0.25, 0.3) is 0 Å². The first-order valence-corrected chi connectivity index (χ1v) is 15.1. The van der Waals surface area contributed by atoms with Gasteiger partial charge in [0.25, 0.3) is 5.91 Å². The summed E-state index contributed by atoms with van der Waals surface area (Å²) >= 11 is 1.62. The highest BCUT2D eigenvalue weighted by Gasteiger charge is 2.57. The number of aromatic nitrogens is 1. The van der Waals surface area contributed by atoms with Gasteiger partial charge in [0.2, 0.25) is 0 Å². The lowest BCUT2D eigenvalue weighted by Gasteiger charge is -2.60. The van der Waals surface area contributed by atoms with Crippen molar-refractivity contribution >= 4 is 23.6 Å². The van der Waals surface area contributed by atoms with Crippen molar-refractivity contribution in [1.82, 2.24) is 15.2 Å². The van der Waals surface area contributed by atoms with Crippen molar-refractivity contribution in [3.63, 3.8) is 0 Å². The number of nitrogens with zero attached hydrogens (tertiary/aromatic N) is 2. The fourth-order valence-corrected chi connectivity index (χ4v) is 9.17. The molecule has 5 fully saturated rings. The Morgan fingerprint density at radius 3 is 2.59 bits per heavy atom. The van der Waals surface area contributed by atoms with E-state index in [9.17, 15) is 14.7 Å². The Hall–Kier alpha value is -1.64. The molecule has 0 radical (unpaired) electrons. The van der Waals surface area contributed by atoms with Gasteiger partial charge in [-0.3, -0.25) is 9.59 Å². The van der Waals surface area contributed by atoms with Gasteiger partial charge in [0.1, 0.15) is 5.03 Å². The number of methoxy groups -OCH3 is 1. The van der Waals surface area contributed by atoms with Crippen LogP contribution >= 0.6 is 11.8 Å². The van der Waals surface area contributed by atoms with Crippen LogP contribution in [-0.4, -0.2) is 71.5 Å². The molecule has 204 valence electrons. The molecule has 4 saturated carbocycles. The van der Waals surface area contributed by atoms with Crippen molar-refractivity contribution in [3.8, 4) is 0 Å². The molecule has 4 aliphatic carbocycles. The number of hydrogen-bond donors (Lipinski definition) is 2. The van der Waals surface area contributed by atoms with Gasteiger partial charge in [-0.05, 0) is 93.6 Å². The van der Waals surface area contributed by atoms with Gasteiger partial charge in [-0.15, -0.1) is 11.8 Å². The fraction of sp³-hybridized carbons (Fsp3) is 0.759. The summed E-state index contributed by atoms with van der Waals surface area (Å²) in [6, 6.07) is 4.11. The average molecular weight is 530 g/mol. The molecule has 1 aromatic heterocycles. The quantitative estimate of drug-likeness (QED) is 0.452. The van der Waals surface area contributed by atoms with E-state index in [1.54, 1.807) is 18.7 Å². The third-order valence-corrected chi connectivity index (χ3v) is 11.2. The number of piperidine rings is 1. The van der Waals surface area contributed by atoms with E-state index in [-0.39, 0.29) is 17.6 Å². The molecule has 4 atom stereocenters. The van der Waals surface area contributed by atoms with Crippen LogP contribution < -0.4 is 5.32 Å². The van der Waals surface area contributed by atoms with Gasteiger partial charge in [-0.25, -0.2) is 4.98 Å². The molecule has 1 saturated heterocycles. The Morgan fingerprint density at radius 1 is 1.27 bits per heavy atom. The number of carbonyl (C=O) groups is 2. The number of carboxylic acid groups (broad SMARTS) is 1. The van der Waals surface area contributed by atoms with Crippen molar-refractivity contribution in [1.29, 1.82) is 0 Å². The Kier molecular flexibility index (Phi) is 7.64. The summed E-state index contributed by atoms with van der Waals surface area (Å²) < 4.78 is 6.04. The smallest absolute Gasteiger partial charge is 0.307 e. The summed E-state index contributed by atoms with van der Waals surface area (Å²) in [5, 5.41) is 14.1. The number of pyridine rings is 1. The highest BCUT2D eigenvalue weighted by atomic mass is 32.2. The van der Waals surface area contributed by atoms with Gasteiger partial charge in [0.05, 0.1) is 22.8 Å². The predicted octanol–water partition coefficient (Wildman–Crippen LogP) is 4.59. The number of aliphatic carboxylic acids is 1. The lowest BCUT2D eigenvalue weighted by molar-refractivity contribution is -0.168. The lowest BCUT2D eigenvalue weighted by atomic mass is 9.52. The van der Waals surface area contributed by atoms with Gasteiger partial charge < -0.3 is 20.1 Å². The summed E-state index contributed by atoms with van der Waals surface area (Å²) in [6.45, 7) is 5.40. The summed E-state index contributed by atoms with van der Waals surface area (Å²) in [6.07, 6.45) is 8.34. The zero-order chi connectivity index (χ0) is 26.4. The number of carbonyl (C=O) groups excluding carboxylic acids is 1. The molecule has 8 heteroatoms. The molecular weight excluding hydrogens is 486 g/mol. The summed E-state index contributed by atoms with van der Waals surface area (Å²) in [4.78, 5) is 33.2. The van der Waals surface area contributed by atoms with E-state index in [0.29, 0.717) is 23.9 Å². The normalized spacial score (nSPS) is 35.4.